The fourth-order valence-electron chi connectivity index (χ4n) is 3.27. The van der Waals surface area contributed by atoms with Crippen molar-refractivity contribution in [3.8, 4) is 0 Å². The first-order valence-electron chi connectivity index (χ1n) is 7.85. The van der Waals surface area contributed by atoms with Gasteiger partial charge in [0.15, 0.2) is 0 Å². The van der Waals surface area contributed by atoms with Crippen molar-refractivity contribution >= 4 is 0 Å². The van der Waals surface area contributed by atoms with Crippen molar-refractivity contribution in [3.63, 3.8) is 0 Å². The molecule has 1 aromatic rings. The summed E-state index contributed by atoms with van der Waals surface area (Å²) in [7, 11) is 0. The van der Waals surface area contributed by atoms with Crippen LogP contribution in [0.2, 0.25) is 0 Å². The maximum Gasteiger partial charge on any atom is 0.0762 e. The van der Waals surface area contributed by atoms with E-state index in [1.807, 2.05) is 0 Å². The summed E-state index contributed by atoms with van der Waals surface area (Å²) in [6.07, 6.45) is 7.26. The molecule has 0 bridgehead atoms. The highest BCUT2D eigenvalue weighted by Crippen LogP contribution is 2.28. The molecule has 1 aromatic heterocycles. The van der Waals surface area contributed by atoms with E-state index in [2.05, 4.69) is 55.1 Å². The Morgan fingerprint density at radius 3 is 2.63 bits per heavy atom. The zero-order valence-electron chi connectivity index (χ0n) is 12.9. The van der Waals surface area contributed by atoms with Crippen LogP contribution in [0.15, 0.2) is 12.3 Å². The van der Waals surface area contributed by atoms with Crippen LogP contribution in [-0.2, 0) is 6.54 Å². The maximum atomic E-state index is 4.66. The van der Waals surface area contributed by atoms with Crippen LogP contribution in [-0.4, -0.2) is 15.8 Å². The Balaban J connectivity index is 1.83. The van der Waals surface area contributed by atoms with E-state index in [1.165, 1.54) is 25.0 Å². The fraction of sp³-hybridized carbons (Fsp3) is 0.812. The van der Waals surface area contributed by atoms with E-state index in [9.17, 15) is 0 Å². The lowest BCUT2D eigenvalue weighted by atomic mass is 9.80. The predicted octanol–water partition coefficient (Wildman–Crippen LogP) is 3.77. The van der Waals surface area contributed by atoms with Gasteiger partial charge in [0.05, 0.1) is 5.69 Å². The molecule has 3 nitrogen and oxygen atoms in total. The maximum absolute atomic E-state index is 4.66. The van der Waals surface area contributed by atoms with E-state index < -0.39 is 0 Å². The normalized spacial score (nSPS) is 29.4. The third-order valence-corrected chi connectivity index (χ3v) is 4.46. The van der Waals surface area contributed by atoms with Gasteiger partial charge in [0, 0.05) is 24.8 Å². The molecule has 108 valence electrons. The average Bonchev–Trinajstić information content (AvgIpc) is 2.83. The molecule has 19 heavy (non-hydrogen) atoms. The van der Waals surface area contributed by atoms with Crippen molar-refractivity contribution in [2.24, 2.45) is 11.8 Å². The second kappa shape index (κ2) is 6.56. The first-order valence-corrected chi connectivity index (χ1v) is 7.85. The standard InChI is InChI=1S/C16H29N3/c1-5-14(4)19-7-6-15(18-19)11-17-16-9-12(2)8-13(3)10-16/h6-7,12-14,16-17H,5,8-11H2,1-4H3. The van der Waals surface area contributed by atoms with Crippen LogP contribution in [0.25, 0.3) is 0 Å². The highest BCUT2D eigenvalue weighted by Gasteiger charge is 2.23. The molecule has 3 atom stereocenters. The van der Waals surface area contributed by atoms with Crippen LogP contribution in [0, 0.1) is 11.8 Å². The zero-order valence-corrected chi connectivity index (χ0v) is 12.9. The van der Waals surface area contributed by atoms with Crippen molar-refractivity contribution in [1.29, 1.82) is 0 Å². The topological polar surface area (TPSA) is 29.9 Å². The number of hydrogen-bond acceptors (Lipinski definition) is 2. The van der Waals surface area contributed by atoms with E-state index in [1.54, 1.807) is 0 Å². The SMILES string of the molecule is CCC(C)n1ccc(CNC2CC(C)CC(C)C2)n1. The largest absolute Gasteiger partial charge is 0.308 e. The molecule has 1 N–H and O–H groups in total. The summed E-state index contributed by atoms with van der Waals surface area (Å²) in [5.41, 5.74) is 1.17. The molecule has 0 radical (unpaired) electrons. The summed E-state index contributed by atoms with van der Waals surface area (Å²) in [4.78, 5) is 0. The minimum atomic E-state index is 0.503. The molecule has 0 aliphatic heterocycles. The van der Waals surface area contributed by atoms with Crippen LogP contribution in [0.3, 0.4) is 0 Å². The Morgan fingerprint density at radius 1 is 1.32 bits per heavy atom. The molecule has 2 rings (SSSR count). The molecular formula is C16H29N3. The molecule has 1 aliphatic carbocycles. The Kier molecular flexibility index (Phi) is 5.03. The van der Waals surface area contributed by atoms with Crippen molar-refractivity contribution < 1.29 is 0 Å². The third kappa shape index (κ3) is 4.07. The first kappa shape index (κ1) is 14.6. The van der Waals surface area contributed by atoms with Crippen molar-refractivity contribution in [1.82, 2.24) is 15.1 Å². The van der Waals surface area contributed by atoms with Crippen molar-refractivity contribution in [3.05, 3.63) is 18.0 Å². The summed E-state index contributed by atoms with van der Waals surface area (Å²) in [5, 5.41) is 8.35. The summed E-state index contributed by atoms with van der Waals surface area (Å²) in [6.45, 7) is 10.1. The van der Waals surface area contributed by atoms with E-state index in [-0.39, 0.29) is 0 Å². The number of nitrogens with zero attached hydrogens (tertiary/aromatic N) is 2. The van der Waals surface area contributed by atoms with Crippen LogP contribution >= 0.6 is 0 Å². The Labute approximate surface area is 117 Å². The Bertz CT molecular complexity index is 375. The lowest BCUT2D eigenvalue weighted by molar-refractivity contribution is 0.237. The van der Waals surface area contributed by atoms with Gasteiger partial charge < -0.3 is 5.32 Å². The Hall–Kier alpha value is -0.830. The average molecular weight is 263 g/mol. The van der Waals surface area contributed by atoms with Gasteiger partial charge in [-0.1, -0.05) is 20.8 Å². The smallest absolute Gasteiger partial charge is 0.0762 e. The van der Waals surface area contributed by atoms with E-state index in [4.69, 9.17) is 0 Å². The highest BCUT2D eigenvalue weighted by atomic mass is 15.3. The highest BCUT2D eigenvalue weighted by molar-refractivity contribution is 5.00. The molecule has 1 aliphatic rings. The number of hydrogen-bond donors (Lipinski definition) is 1. The van der Waals surface area contributed by atoms with Gasteiger partial charge in [0.1, 0.15) is 0 Å². The van der Waals surface area contributed by atoms with Gasteiger partial charge in [-0.05, 0) is 50.5 Å². The van der Waals surface area contributed by atoms with Crippen LogP contribution in [0.4, 0.5) is 0 Å². The lowest BCUT2D eigenvalue weighted by Crippen LogP contribution is -2.36. The number of rotatable bonds is 5. The van der Waals surface area contributed by atoms with Crippen LogP contribution in [0.1, 0.15) is 65.1 Å². The molecule has 0 saturated heterocycles. The van der Waals surface area contributed by atoms with Gasteiger partial charge in [-0.2, -0.15) is 5.10 Å². The molecule has 1 fully saturated rings. The molecule has 0 amide bonds. The molecule has 3 heteroatoms. The monoisotopic (exact) mass is 263 g/mol. The van der Waals surface area contributed by atoms with E-state index in [0.717, 1.165) is 24.8 Å². The second-order valence-corrected chi connectivity index (χ2v) is 6.54. The van der Waals surface area contributed by atoms with Crippen molar-refractivity contribution in [2.75, 3.05) is 0 Å². The van der Waals surface area contributed by atoms with Gasteiger partial charge in [0.2, 0.25) is 0 Å². The van der Waals surface area contributed by atoms with Crippen molar-refractivity contribution in [2.45, 2.75) is 72.0 Å². The lowest BCUT2D eigenvalue weighted by Gasteiger charge is -2.31. The molecule has 0 spiro atoms. The van der Waals surface area contributed by atoms with E-state index in [0.29, 0.717) is 12.1 Å². The number of aromatic nitrogens is 2. The molecule has 1 heterocycles. The number of nitrogens with one attached hydrogen (secondary N) is 1. The van der Waals surface area contributed by atoms with E-state index >= 15 is 0 Å². The van der Waals surface area contributed by atoms with Gasteiger partial charge in [-0.3, -0.25) is 4.68 Å². The summed E-state index contributed by atoms with van der Waals surface area (Å²) in [6, 6.07) is 3.32. The molecular weight excluding hydrogens is 234 g/mol. The Morgan fingerprint density at radius 2 is 2.00 bits per heavy atom. The van der Waals surface area contributed by atoms with Gasteiger partial charge in [0.25, 0.3) is 0 Å². The summed E-state index contributed by atoms with van der Waals surface area (Å²) < 4.78 is 2.09. The predicted molar refractivity (Wildman–Crippen MR) is 80.0 cm³/mol. The summed E-state index contributed by atoms with van der Waals surface area (Å²) >= 11 is 0. The second-order valence-electron chi connectivity index (χ2n) is 6.54. The van der Waals surface area contributed by atoms with Gasteiger partial charge in [-0.25, -0.2) is 0 Å². The molecule has 0 aromatic carbocycles. The summed E-state index contributed by atoms with van der Waals surface area (Å²) in [5.74, 6) is 1.72. The third-order valence-electron chi connectivity index (χ3n) is 4.46. The quantitative estimate of drug-likeness (QED) is 0.876. The molecule has 3 unspecified atom stereocenters. The zero-order chi connectivity index (χ0) is 13.8. The van der Waals surface area contributed by atoms with Gasteiger partial charge >= 0.3 is 0 Å². The van der Waals surface area contributed by atoms with Crippen LogP contribution < -0.4 is 5.32 Å². The van der Waals surface area contributed by atoms with Crippen LogP contribution in [0.5, 0.6) is 0 Å². The minimum Gasteiger partial charge on any atom is -0.308 e. The van der Waals surface area contributed by atoms with Gasteiger partial charge in [-0.15, -0.1) is 0 Å². The minimum absolute atomic E-state index is 0.503. The first-order chi connectivity index (χ1) is 9.08. The fourth-order valence-corrected chi connectivity index (χ4v) is 3.27. The molecule has 1 saturated carbocycles.